The van der Waals surface area contributed by atoms with Gasteiger partial charge in [0.15, 0.2) is 22.8 Å². The normalized spacial score (nSPS) is 17.1. The van der Waals surface area contributed by atoms with Crippen LogP contribution in [0.3, 0.4) is 0 Å². The van der Waals surface area contributed by atoms with E-state index in [0.717, 1.165) is 22.0 Å². The molecule has 1 atom stereocenters. The number of methoxy groups -OCH3 is 2. The second-order valence-electron chi connectivity index (χ2n) is 8.82. The number of fused-ring (bicyclic) bond motifs is 6. The number of benzene rings is 1. The first-order valence-corrected chi connectivity index (χ1v) is 11.2. The van der Waals surface area contributed by atoms with Gasteiger partial charge in [0, 0.05) is 32.3 Å². The first-order valence-electron chi connectivity index (χ1n) is 11.2. The number of halogens is 3. The minimum Gasteiger partial charge on any atom is -0.493 e. The van der Waals surface area contributed by atoms with Gasteiger partial charge in [-0.25, -0.2) is 9.50 Å². The molecular weight excluding hydrogens is 477 g/mol. The summed E-state index contributed by atoms with van der Waals surface area (Å²) >= 11 is 0. The monoisotopic (exact) mass is 498 g/mol. The molecule has 4 aromatic rings. The fraction of sp³-hybridized carbons (Fsp3) is 0.333. The molecule has 0 bridgehead atoms. The molecule has 0 N–H and O–H groups in total. The SMILES string of the molecule is COc1cc2c(cc1OC)[C@H]1Cc3c(cnc4cc(-c5cnn(C)c5C(F)(F)F)nn34)C(=O)N1CC2. The maximum atomic E-state index is 13.7. The molecule has 0 saturated carbocycles. The van der Waals surface area contributed by atoms with Crippen molar-refractivity contribution in [2.75, 3.05) is 20.8 Å². The number of aromatic nitrogens is 5. The molecule has 2 aliphatic rings. The number of aryl methyl sites for hydroxylation is 1. The lowest BCUT2D eigenvalue weighted by molar-refractivity contribution is -0.143. The molecular formula is C24H21F3N6O3. The van der Waals surface area contributed by atoms with Crippen LogP contribution in [0.25, 0.3) is 16.9 Å². The van der Waals surface area contributed by atoms with E-state index in [0.29, 0.717) is 47.8 Å². The first-order chi connectivity index (χ1) is 17.2. The van der Waals surface area contributed by atoms with E-state index in [1.165, 1.54) is 23.8 Å². The van der Waals surface area contributed by atoms with Crippen molar-refractivity contribution in [3.05, 3.63) is 58.7 Å². The van der Waals surface area contributed by atoms with Crippen LogP contribution < -0.4 is 9.47 Å². The molecule has 0 unspecified atom stereocenters. The Morgan fingerprint density at radius 1 is 1.06 bits per heavy atom. The number of amides is 1. The summed E-state index contributed by atoms with van der Waals surface area (Å²) in [5.41, 5.74) is 2.38. The maximum Gasteiger partial charge on any atom is 0.433 e. The number of hydrogen-bond acceptors (Lipinski definition) is 6. The summed E-state index contributed by atoms with van der Waals surface area (Å²) in [6, 6.07) is 5.02. The summed E-state index contributed by atoms with van der Waals surface area (Å²) in [7, 11) is 4.37. The van der Waals surface area contributed by atoms with Gasteiger partial charge in [-0.3, -0.25) is 9.48 Å². The molecule has 0 fully saturated rings. The molecule has 12 heteroatoms. The highest BCUT2D eigenvalue weighted by atomic mass is 19.4. The van der Waals surface area contributed by atoms with Crippen molar-refractivity contribution in [3.8, 4) is 22.8 Å². The molecule has 0 aliphatic carbocycles. The van der Waals surface area contributed by atoms with E-state index in [9.17, 15) is 18.0 Å². The summed E-state index contributed by atoms with van der Waals surface area (Å²) in [5.74, 6) is 0.992. The molecule has 0 saturated heterocycles. The Hall–Kier alpha value is -4.09. The standard InChI is InChI=1S/C24H21F3N6O3/c1-31-22(24(25,26)27)14(11-29-31)16-8-21-28-10-15-18(33(21)30-16)9-17-13-7-20(36-3)19(35-2)6-12(13)4-5-32(17)23(15)34/h6-8,10-11,17H,4-5,9H2,1-3H3/t17-/m1/s1. The minimum atomic E-state index is -4.61. The number of alkyl halides is 3. The van der Waals surface area contributed by atoms with Crippen molar-refractivity contribution in [1.82, 2.24) is 29.3 Å². The molecule has 0 spiro atoms. The maximum absolute atomic E-state index is 13.7. The van der Waals surface area contributed by atoms with E-state index in [4.69, 9.17) is 9.47 Å². The predicted molar refractivity (Wildman–Crippen MR) is 121 cm³/mol. The van der Waals surface area contributed by atoms with E-state index < -0.39 is 11.9 Å². The fourth-order valence-corrected chi connectivity index (χ4v) is 5.28. The quantitative estimate of drug-likeness (QED) is 0.430. The third-order valence-electron chi connectivity index (χ3n) is 6.95. The van der Waals surface area contributed by atoms with Crippen LogP contribution in [0.15, 0.2) is 30.6 Å². The second kappa shape index (κ2) is 7.70. The van der Waals surface area contributed by atoms with E-state index >= 15 is 0 Å². The molecule has 3 aromatic heterocycles. The summed E-state index contributed by atoms with van der Waals surface area (Å²) in [6.07, 6.45) is -0.905. The summed E-state index contributed by atoms with van der Waals surface area (Å²) in [5, 5.41) is 8.24. The van der Waals surface area contributed by atoms with Gasteiger partial charge in [0.25, 0.3) is 5.91 Å². The lowest BCUT2D eigenvalue weighted by Crippen LogP contribution is -2.45. The van der Waals surface area contributed by atoms with E-state index in [1.807, 2.05) is 12.1 Å². The second-order valence-corrected chi connectivity index (χ2v) is 8.82. The third kappa shape index (κ3) is 3.16. The van der Waals surface area contributed by atoms with Crippen molar-refractivity contribution in [2.24, 2.45) is 7.05 Å². The van der Waals surface area contributed by atoms with Gasteiger partial charge < -0.3 is 14.4 Å². The van der Waals surface area contributed by atoms with Crippen LogP contribution >= 0.6 is 0 Å². The molecule has 0 radical (unpaired) electrons. The Morgan fingerprint density at radius 3 is 2.53 bits per heavy atom. The van der Waals surface area contributed by atoms with Crippen LogP contribution in [0.1, 0.15) is 38.9 Å². The summed E-state index contributed by atoms with van der Waals surface area (Å²) in [4.78, 5) is 19.6. The average molecular weight is 498 g/mol. The highest BCUT2D eigenvalue weighted by Crippen LogP contribution is 2.43. The van der Waals surface area contributed by atoms with Crippen LogP contribution in [-0.4, -0.2) is 55.9 Å². The van der Waals surface area contributed by atoms with Crippen LogP contribution in [0.2, 0.25) is 0 Å². The number of hydrogen-bond donors (Lipinski definition) is 0. The highest BCUT2D eigenvalue weighted by Gasteiger charge is 2.40. The van der Waals surface area contributed by atoms with Crippen molar-refractivity contribution in [1.29, 1.82) is 0 Å². The lowest BCUT2D eigenvalue weighted by atomic mass is 9.85. The molecule has 2 aliphatic heterocycles. The van der Waals surface area contributed by atoms with Gasteiger partial charge in [-0.2, -0.15) is 23.4 Å². The van der Waals surface area contributed by atoms with Crippen LogP contribution in [0, 0.1) is 0 Å². The molecule has 36 heavy (non-hydrogen) atoms. The van der Waals surface area contributed by atoms with Crippen molar-refractivity contribution in [2.45, 2.75) is 25.1 Å². The largest absolute Gasteiger partial charge is 0.493 e. The van der Waals surface area contributed by atoms with Gasteiger partial charge >= 0.3 is 6.18 Å². The first kappa shape index (κ1) is 22.4. The van der Waals surface area contributed by atoms with Crippen LogP contribution in [0.5, 0.6) is 11.5 Å². The molecule has 9 nitrogen and oxygen atoms in total. The van der Waals surface area contributed by atoms with Crippen molar-refractivity contribution >= 4 is 11.6 Å². The summed E-state index contributed by atoms with van der Waals surface area (Å²) in [6.45, 7) is 0.526. The summed E-state index contributed by atoms with van der Waals surface area (Å²) < 4.78 is 54.2. The smallest absolute Gasteiger partial charge is 0.433 e. The predicted octanol–water partition coefficient (Wildman–Crippen LogP) is 3.46. The third-order valence-corrected chi connectivity index (χ3v) is 6.95. The number of nitrogens with zero attached hydrogens (tertiary/aromatic N) is 6. The topological polar surface area (TPSA) is 86.8 Å². The van der Waals surface area contributed by atoms with E-state index in [1.54, 1.807) is 19.1 Å². The lowest BCUT2D eigenvalue weighted by Gasteiger charge is -2.41. The van der Waals surface area contributed by atoms with Gasteiger partial charge in [0.05, 0.1) is 49.0 Å². The van der Waals surface area contributed by atoms with Crippen molar-refractivity contribution in [3.63, 3.8) is 0 Å². The average Bonchev–Trinajstić information content (AvgIpc) is 3.46. The van der Waals surface area contributed by atoms with E-state index in [-0.39, 0.29) is 23.2 Å². The molecule has 1 aromatic carbocycles. The van der Waals surface area contributed by atoms with E-state index in [2.05, 4.69) is 15.2 Å². The number of ether oxygens (including phenoxy) is 2. The van der Waals surface area contributed by atoms with Gasteiger partial charge in [-0.1, -0.05) is 0 Å². The Kier molecular flexibility index (Phi) is 4.79. The Balaban J connectivity index is 1.49. The minimum absolute atomic E-state index is 0.0849. The number of rotatable bonds is 3. The van der Waals surface area contributed by atoms with Gasteiger partial charge in [-0.15, -0.1) is 0 Å². The zero-order valence-corrected chi connectivity index (χ0v) is 19.6. The highest BCUT2D eigenvalue weighted by molar-refractivity contribution is 5.97. The molecule has 5 heterocycles. The number of carbonyl (C=O) groups is 1. The number of carbonyl (C=O) groups excluding carboxylic acids is 1. The zero-order valence-electron chi connectivity index (χ0n) is 19.6. The molecule has 186 valence electrons. The molecule has 1 amide bonds. The van der Waals surface area contributed by atoms with Gasteiger partial charge in [0.2, 0.25) is 0 Å². The van der Waals surface area contributed by atoms with Crippen molar-refractivity contribution < 1.29 is 27.4 Å². The Morgan fingerprint density at radius 2 is 1.81 bits per heavy atom. The fourth-order valence-electron chi connectivity index (χ4n) is 5.28. The van der Waals surface area contributed by atoms with Crippen LogP contribution in [0.4, 0.5) is 13.2 Å². The van der Waals surface area contributed by atoms with Gasteiger partial charge in [-0.05, 0) is 29.7 Å². The Bertz CT molecular complexity index is 1540. The van der Waals surface area contributed by atoms with Crippen LogP contribution in [-0.2, 0) is 26.1 Å². The zero-order chi connectivity index (χ0) is 25.4. The molecule has 6 rings (SSSR count). The van der Waals surface area contributed by atoms with Gasteiger partial charge in [0.1, 0.15) is 0 Å². The Labute approximate surface area is 203 Å².